The normalized spacial score (nSPS) is 11.0. The lowest BCUT2D eigenvalue weighted by Crippen LogP contribution is -2.37. The Labute approximate surface area is 185 Å². The van der Waals surface area contributed by atoms with Crippen LogP contribution >= 0.6 is 0 Å². The van der Waals surface area contributed by atoms with E-state index in [2.05, 4.69) is 4.72 Å². The highest BCUT2D eigenvalue weighted by molar-refractivity contribution is 7.89. The average Bonchev–Trinajstić information content (AvgIpc) is 2.79. The molecule has 0 unspecified atom stereocenters. The highest BCUT2D eigenvalue weighted by atomic mass is 32.2. The molecule has 164 valence electrons. The molecule has 0 spiro atoms. The lowest BCUT2D eigenvalue weighted by Gasteiger charge is -2.22. The van der Waals surface area contributed by atoms with Crippen LogP contribution in [0.4, 0.5) is 11.4 Å². The minimum Gasteiger partial charge on any atom is -0.384 e. The second-order valence-electron chi connectivity index (χ2n) is 6.77. The van der Waals surface area contributed by atoms with Gasteiger partial charge in [0.15, 0.2) is 0 Å². The quantitative estimate of drug-likeness (QED) is 0.243. The predicted octanol–water partition coefficient (Wildman–Crippen LogP) is 1.60. The lowest BCUT2D eigenvalue weighted by molar-refractivity contribution is -0.135. The van der Waals surface area contributed by atoms with E-state index in [1.165, 1.54) is 30.3 Å². The summed E-state index contributed by atoms with van der Waals surface area (Å²) >= 11 is 0. The number of nitrogens with zero attached hydrogens (tertiary/aromatic N) is 1. The van der Waals surface area contributed by atoms with Crippen LogP contribution in [0, 0.1) is 5.41 Å². The largest absolute Gasteiger partial charge is 0.384 e. The Morgan fingerprint density at radius 2 is 1.53 bits per heavy atom. The first-order valence-electron chi connectivity index (χ1n) is 9.41. The molecule has 0 atom stereocenters. The Morgan fingerprint density at radius 3 is 2.12 bits per heavy atom. The number of sulfonamides is 1. The number of nitrogens with one attached hydrogen (secondary N) is 2. The summed E-state index contributed by atoms with van der Waals surface area (Å²) in [5.41, 5.74) is 12.3. The molecule has 0 aliphatic rings. The molecule has 0 fully saturated rings. The van der Waals surface area contributed by atoms with Gasteiger partial charge in [-0.3, -0.25) is 19.9 Å². The highest BCUT2D eigenvalue weighted by Crippen LogP contribution is 2.27. The second-order valence-corrected chi connectivity index (χ2v) is 8.54. The Morgan fingerprint density at radius 1 is 0.875 bits per heavy atom. The molecule has 10 heteroatoms. The van der Waals surface area contributed by atoms with Gasteiger partial charge in [0.05, 0.1) is 10.6 Å². The molecule has 0 aliphatic carbocycles. The third kappa shape index (κ3) is 5.17. The van der Waals surface area contributed by atoms with Gasteiger partial charge in [0.1, 0.15) is 5.84 Å². The molecule has 2 amide bonds. The van der Waals surface area contributed by atoms with Gasteiger partial charge >= 0.3 is 11.8 Å². The van der Waals surface area contributed by atoms with Crippen molar-refractivity contribution in [2.75, 3.05) is 4.90 Å². The molecular weight excluding hydrogens is 430 g/mol. The van der Waals surface area contributed by atoms with Crippen molar-refractivity contribution in [3.63, 3.8) is 0 Å². The summed E-state index contributed by atoms with van der Waals surface area (Å²) in [5, 5.41) is 7.58. The first-order chi connectivity index (χ1) is 15.2. The molecule has 3 aromatic carbocycles. The fourth-order valence-corrected chi connectivity index (χ4v) is 3.96. The summed E-state index contributed by atoms with van der Waals surface area (Å²) in [6, 6.07) is 20.6. The van der Waals surface area contributed by atoms with Crippen LogP contribution < -0.4 is 21.1 Å². The Kier molecular flexibility index (Phi) is 6.67. The van der Waals surface area contributed by atoms with Crippen molar-refractivity contribution in [2.24, 2.45) is 11.5 Å². The monoisotopic (exact) mass is 451 g/mol. The summed E-state index contributed by atoms with van der Waals surface area (Å²) < 4.78 is 27.7. The number of carbonyl (C=O) groups excluding carboxylic acids is 2. The molecular formula is C22H21N5O4S. The topological polar surface area (TPSA) is 159 Å². The number of primary amides is 1. The number of hydrogen-bond donors (Lipinski definition) is 4. The smallest absolute Gasteiger partial charge is 0.320 e. The fourth-order valence-electron chi connectivity index (χ4n) is 2.94. The fraction of sp³-hybridized carbons (Fsp3) is 0.0455. The maximum absolute atomic E-state index is 12.6. The van der Waals surface area contributed by atoms with Crippen LogP contribution in [0.2, 0.25) is 0 Å². The summed E-state index contributed by atoms with van der Waals surface area (Å²) in [6.45, 7) is 0.120. The van der Waals surface area contributed by atoms with Crippen molar-refractivity contribution in [3.05, 3.63) is 90.0 Å². The van der Waals surface area contributed by atoms with Crippen LogP contribution in [0.15, 0.2) is 83.8 Å². The first-order valence-corrected chi connectivity index (χ1v) is 10.9. The van der Waals surface area contributed by atoms with Crippen molar-refractivity contribution in [1.82, 2.24) is 4.72 Å². The predicted molar refractivity (Wildman–Crippen MR) is 121 cm³/mol. The minimum atomic E-state index is -3.81. The summed E-state index contributed by atoms with van der Waals surface area (Å²) in [5.74, 6) is -2.44. The van der Waals surface area contributed by atoms with E-state index in [1.54, 1.807) is 30.3 Å². The van der Waals surface area contributed by atoms with Crippen molar-refractivity contribution in [2.45, 2.75) is 11.4 Å². The first kappa shape index (κ1) is 22.7. The highest BCUT2D eigenvalue weighted by Gasteiger charge is 2.24. The van der Waals surface area contributed by atoms with Gasteiger partial charge in [0.25, 0.3) is 0 Å². The number of amidine groups is 1. The molecule has 0 saturated carbocycles. The zero-order chi connectivity index (χ0) is 23.3. The zero-order valence-electron chi connectivity index (χ0n) is 16.9. The number of carbonyl (C=O) groups is 2. The van der Waals surface area contributed by atoms with Crippen LogP contribution in [0.5, 0.6) is 0 Å². The molecule has 32 heavy (non-hydrogen) atoms. The second kappa shape index (κ2) is 9.41. The van der Waals surface area contributed by atoms with Crippen molar-refractivity contribution in [3.8, 4) is 0 Å². The number of nitrogen functional groups attached to an aromatic ring is 1. The van der Waals surface area contributed by atoms with Crippen molar-refractivity contribution < 1.29 is 18.0 Å². The van der Waals surface area contributed by atoms with E-state index in [0.29, 0.717) is 5.56 Å². The number of nitrogens with two attached hydrogens (primary N) is 2. The SMILES string of the molecule is N=C(N)c1cccc(N(C(=O)C(N)=O)c2ccc(S(=O)(=O)NCc3ccccc3)cc2)c1. The van der Waals surface area contributed by atoms with Gasteiger partial charge in [-0.25, -0.2) is 13.1 Å². The van der Waals surface area contributed by atoms with Crippen LogP contribution in [-0.2, 0) is 26.2 Å². The molecule has 9 nitrogen and oxygen atoms in total. The number of rotatable bonds is 7. The molecule has 0 aliphatic heterocycles. The minimum absolute atomic E-state index is 0.0128. The van der Waals surface area contributed by atoms with Crippen LogP contribution in [-0.4, -0.2) is 26.1 Å². The molecule has 6 N–H and O–H groups in total. The van der Waals surface area contributed by atoms with Gasteiger partial charge in [-0.1, -0.05) is 42.5 Å². The average molecular weight is 452 g/mol. The third-order valence-electron chi connectivity index (χ3n) is 4.54. The number of benzene rings is 3. The molecule has 0 heterocycles. The lowest BCUT2D eigenvalue weighted by atomic mass is 10.1. The molecule has 3 aromatic rings. The summed E-state index contributed by atoms with van der Waals surface area (Å²) in [7, 11) is -3.81. The third-order valence-corrected chi connectivity index (χ3v) is 5.96. The van der Waals surface area contributed by atoms with Gasteiger partial charge in [0.2, 0.25) is 10.0 Å². The van der Waals surface area contributed by atoms with Gasteiger partial charge in [-0.05, 0) is 42.0 Å². The standard InChI is InChI=1S/C22H21N5O4S/c23-20(24)16-7-4-8-18(13-16)27(22(29)21(25)28)17-9-11-19(12-10-17)32(30,31)26-14-15-5-2-1-3-6-15/h1-13,26H,14H2,(H3,23,24)(H2,25,28). The summed E-state index contributed by atoms with van der Waals surface area (Å²) in [6.07, 6.45) is 0. The van der Waals surface area contributed by atoms with E-state index >= 15 is 0 Å². The Balaban J connectivity index is 1.91. The maximum Gasteiger partial charge on any atom is 0.320 e. The number of amides is 2. The van der Waals surface area contributed by atoms with E-state index in [1.807, 2.05) is 18.2 Å². The number of anilines is 2. The van der Waals surface area contributed by atoms with Gasteiger partial charge in [-0.15, -0.1) is 0 Å². The number of hydrogen-bond acceptors (Lipinski definition) is 5. The zero-order valence-corrected chi connectivity index (χ0v) is 17.7. The molecule has 3 rings (SSSR count). The van der Waals surface area contributed by atoms with Gasteiger partial charge in [-0.2, -0.15) is 0 Å². The Bertz CT molecular complexity index is 1260. The van der Waals surface area contributed by atoms with E-state index in [-0.39, 0.29) is 28.7 Å². The molecule has 0 bridgehead atoms. The van der Waals surface area contributed by atoms with E-state index < -0.39 is 21.8 Å². The van der Waals surface area contributed by atoms with E-state index in [0.717, 1.165) is 10.5 Å². The van der Waals surface area contributed by atoms with Gasteiger partial charge in [0, 0.05) is 17.8 Å². The summed E-state index contributed by atoms with van der Waals surface area (Å²) in [4.78, 5) is 25.1. The van der Waals surface area contributed by atoms with Crippen molar-refractivity contribution >= 4 is 39.0 Å². The van der Waals surface area contributed by atoms with Gasteiger partial charge < -0.3 is 11.5 Å². The van der Waals surface area contributed by atoms with Crippen LogP contribution in [0.25, 0.3) is 0 Å². The molecule has 0 aromatic heterocycles. The maximum atomic E-state index is 12.6. The van der Waals surface area contributed by atoms with Crippen LogP contribution in [0.1, 0.15) is 11.1 Å². The van der Waals surface area contributed by atoms with Crippen LogP contribution in [0.3, 0.4) is 0 Å². The molecule has 0 saturated heterocycles. The van der Waals surface area contributed by atoms with Crippen molar-refractivity contribution in [1.29, 1.82) is 5.41 Å². The molecule has 0 radical (unpaired) electrons. The van der Waals surface area contributed by atoms with E-state index in [4.69, 9.17) is 16.9 Å². The van der Waals surface area contributed by atoms with E-state index in [9.17, 15) is 18.0 Å². The Hall–Kier alpha value is -4.02.